The summed E-state index contributed by atoms with van der Waals surface area (Å²) in [7, 11) is 0. The van der Waals surface area contributed by atoms with Gasteiger partial charge in [0.2, 0.25) is 5.91 Å². The van der Waals surface area contributed by atoms with Crippen LogP contribution in [0.4, 0.5) is 0 Å². The minimum absolute atomic E-state index is 0.0135. The molecule has 2 aliphatic heterocycles. The molecule has 0 aromatic carbocycles. The number of hydrogen-bond acceptors (Lipinski definition) is 4. The number of ether oxygens (including phenoxy) is 1. The normalized spacial score (nSPS) is 38.4. The summed E-state index contributed by atoms with van der Waals surface area (Å²) < 4.78 is 5.21. The van der Waals surface area contributed by atoms with Gasteiger partial charge in [-0.2, -0.15) is 0 Å². The van der Waals surface area contributed by atoms with Crippen molar-refractivity contribution in [2.45, 2.75) is 43.6 Å². The SMILES string of the molecule is CC1COC(CO)CN1C(=O)C1(C)CCCS1. The van der Waals surface area contributed by atoms with Gasteiger partial charge in [0.25, 0.3) is 0 Å². The molecule has 4 nitrogen and oxygen atoms in total. The zero-order valence-corrected chi connectivity index (χ0v) is 11.3. The third-order valence-electron chi connectivity index (χ3n) is 3.64. The molecule has 0 saturated carbocycles. The van der Waals surface area contributed by atoms with Gasteiger partial charge in [-0.25, -0.2) is 0 Å². The first-order valence-electron chi connectivity index (χ1n) is 6.24. The summed E-state index contributed by atoms with van der Waals surface area (Å²) in [5, 5.41) is 9.14. The Balaban J connectivity index is 2.06. The van der Waals surface area contributed by atoms with Crippen LogP contribution < -0.4 is 0 Å². The van der Waals surface area contributed by atoms with Crippen LogP contribution in [0.25, 0.3) is 0 Å². The second-order valence-corrected chi connectivity index (χ2v) is 6.73. The molecule has 0 aromatic rings. The maximum atomic E-state index is 12.6. The number of nitrogens with zero attached hydrogens (tertiary/aromatic N) is 1. The quantitative estimate of drug-likeness (QED) is 0.800. The summed E-state index contributed by atoms with van der Waals surface area (Å²) in [6.45, 7) is 5.09. The first-order chi connectivity index (χ1) is 8.07. The van der Waals surface area contributed by atoms with E-state index in [9.17, 15) is 4.79 Å². The average molecular weight is 259 g/mol. The molecule has 0 bridgehead atoms. The van der Waals surface area contributed by atoms with Crippen LogP contribution in [0.15, 0.2) is 0 Å². The predicted octanol–water partition coefficient (Wildman–Crippen LogP) is 0.880. The average Bonchev–Trinajstić information content (AvgIpc) is 2.77. The third-order valence-corrected chi connectivity index (χ3v) is 5.15. The van der Waals surface area contributed by atoms with E-state index >= 15 is 0 Å². The Labute approximate surface area is 107 Å². The zero-order valence-electron chi connectivity index (χ0n) is 10.5. The van der Waals surface area contributed by atoms with E-state index in [1.807, 2.05) is 18.7 Å². The van der Waals surface area contributed by atoms with Gasteiger partial charge in [0.05, 0.1) is 30.1 Å². The van der Waals surface area contributed by atoms with Crippen LogP contribution in [-0.2, 0) is 9.53 Å². The van der Waals surface area contributed by atoms with Crippen molar-refractivity contribution in [3.05, 3.63) is 0 Å². The molecular weight excluding hydrogens is 238 g/mol. The highest BCUT2D eigenvalue weighted by Crippen LogP contribution is 2.39. The van der Waals surface area contributed by atoms with Gasteiger partial charge in [-0.05, 0) is 32.4 Å². The van der Waals surface area contributed by atoms with E-state index in [0.29, 0.717) is 13.2 Å². The lowest BCUT2D eigenvalue weighted by molar-refractivity contribution is -0.148. The Morgan fingerprint density at radius 2 is 2.41 bits per heavy atom. The van der Waals surface area contributed by atoms with Crippen LogP contribution in [0.5, 0.6) is 0 Å². The van der Waals surface area contributed by atoms with E-state index in [1.165, 1.54) is 0 Å². The number of hydrogen-bond donors (Lipinski definition) is 1. The number of amides is 1. The number of aliphatic hydroxyl groups is 1. The summed E-state index contributed by atoms with van der Waals surface area (Å²) in [6, 6.07) is 0.114. The molecule has 2 aliphatic rings. The fraction of sp³-hybridized carbons (Fsp3) is 0.917. The van der Waals surface area contributed by atoms with E-state index in [0.717, 1.165) is 18.6 Å². The van der Waals surface area contributed by atoms with Crippen molar-refractivity contribution in [1.82, 2.24) is 4.90 Å². The van der Waals surface area contributed by atoms with Gasteiger partial charge in [0.1, 0.15) is 0 Å². The third kappa shape index (κ3) is 2.61. The van der Waals surface area contributed by atoms with Crippen molar-refractivity contribution in [2.24, 2.45) is 0 Å². The lowest BCUT2D eigenvalue weighted by Gasteiger charge is -2.41. The summed E-state index contributed by atoms with van der Waals surface area (Å²) in [5.41, 5.74) is 0. The number of carbonyl (C=O) groups excluding carboxylic acids is 1. The number of thioether (sulfide) groups is 1. The molecule has 17 heavy (non-hydrogen) atoms. The molecule has 0 aromatic heterocycles. The Kier molecular flexibility index (Phi) is 4.00. The van der Waals surface area contributed by atoms with Gasteiger partial charge in [0, 0.05) is 6.54 Å². The van der Waals surface area contributed by atoms with Crippen molar-refractivity contribution >= 4 is 17.7 Å². The van der Waals surface area contributed by atoms with Crippen LogP contribution in [0.2, 0.25) is 0 Å². The van der Waals surface area contributed by atoms with E-state index in [4.69, 9.17) is 9.84 Å². The number of carbonyl (C=O) groups is 1. The van der Waals surface area contributed by atoms with Crippen LogP contribution in [0, 0.1) is 0 Å². The first kappa shape index (κ1) is 13.2. The summed E-state index contributed by atoms with van der Waals surface area (Å²) in [6.07, 6.45) is 1.87. The minimum atomic E-state index is -0.258. The maximum Gasteiger partial charge on any atom is 0.238 e. The lowest BCUT2D eigenvalue weighted by Crippen LogP contribution is -2.56. The Morgan fingerprint density at radius 1 is 1.65 bits per heavy atom. The minimum Gasteiger partial charge on any atom is -0.394 e. The lowest BCUT2D eigenvalue weighted by atomic mass is 10.0. The first-order valence-corrected chi connectivity index (χ1v) is 7.23. The van der Waals surface area contributed by atoms with Gasteiger partial charge >= 0.3 is 0 Å². The second-order valence-electron chi connectivity index (χ2n) is 5.13. The number of rotatable bonds is 2. The molecule has 2 saturated heterocycles. The monoisotopic (exact) mass is 259 g/mol. The second kappa shape index (κ2) is 5.16. The van der Waals surface area contributed by atoms with Gasteiger partial charge < -0.3 is 14.7 Å². The van der Waals surface area contributed by atoms with E-state index < -0.39 is 0 Å². The van der Waals surface area contributed by atoms with Crippen LogP contribution in [-0.4, -0.2) is 58.3 Å². The van der Waals surface area contributed by atoms with Crippen molar-refractivity contribution in [1.29, 1.82) is 0 Å². The molecule has 3 atom stereocenters. The van der Waals surface area contributed by atoms with Gasteiger partial charge in [0.15, 0.2) is 0 Å². The highest BCUT2D eigenvalue weighted by Gasteiger charge is 2.43. The molecule has 1 amide bonds. The molecule has 1 N–H and O–H groups in total. The summed E-state index contributed by atoms with van der Waals surface area (Å²) >= 11 is 1.76. The molecule has 2 fully saturated rings. The highest BCUT2D eigenvalue weighted by atomic mass is 32.2. The summed E-state index contributed by atoms with van der Waals surface area (Å²) in [5.74, 6) is 1.29. The molecule has 5 heteroatoms. The molecule has 3 unspecified atom stereocenters. The van der Waals surface area contributed by atoms with Crippen LogP contribution >= 0.6 is 11.8 Å². The van der Waals surface area contributed by atoms with Gasteiger partial charge in [-0.15, -0.1) is 11.8 Å². The van der Waals surface area contributed by atoms with Gasteiger partial charge in [-0.3, -0.25) is 4.79 Å². The molecule has 0 radical (unpaired) electrons. The molecule has 0 spiro atoms. The summed E-state index contributed by atoms with van der Waals surface area (Å²) in [4.78, 5) is 14.5. The number of aliphatic hydroxyl groups excluding tert-OH is 1. The van der Waals surface area contributed by atoms with Gasteiger partial charge in [-0.1, -0.05) is 0 Å². The highest BCUT2D eigenvalue weighted by molar-refractivity contribution is 8.01. The number of morpholine rings is 1. The van der Waals surface area contributed by atoms with Crippen molar-refractivity contribution in [3.63, 3.8) is 0 Å². The smallest absolute Gasteiger partial charge is 0.238 e. The Bertz CT molecular complexity index is 291. The zero-order chi connectivity index (χ0) is 12.5. The van der Waals surface area contributed by atoms with E-state index in [1.54, 1.807) is 11.8 Å². The van der Waals surface area contributed by atoms with E-state index in [-0.39, 0.29) is 29.4 Å². The topological polar surface area (TPSA) is 49.8 Å². The van der Waals surface area contributed by atoms with Crippen molar-refractivity contribution < 1.29 is 14.6 Å². The van der Waals surface area contributed by atoms with E-state index in [2.05, 4.69) is 0 Å². The molecule has 2 rings (SSSR count). The molecule has 98 valence electrons. The molecular formula is C12H21NO3S. The Morgan fingerprint density at radius 3 is 3.00 bits per heavy atom. The largest absolute Gasteiger partial charge is 0.394 e. The fourth-order valence-corrected chi connectivity index (χ4v) is 3.73. The predicted molar refractivity (Wildman–Crippen MR) is 68.1 cm³/mol. The molecule has 2 heterocycles. The Hall–Kier alpha value is -0.260. The van der Waals surface area contributed by atoms with Crippen molar-refractivity contribution in [3.8, 4) is 0 Å². The molecule has 0 aliphatic carbocycles. The maximum absolute atomic E-state index is 12.6. The van der Waals surface area contributed by atoms with Crippen LogP contribution in [0.1, 0.15) is 26.7 Å². The van der Waals surface area contributed by atoms with Crippen molar-refractivity contribution in [2.75, 3.05) is 25.5 Å². The standard InChI is InChI=1S/C12H21NO3S/c1-9-8-16-10(7-14)6-13(9)11(15)12(2)4-3-5-17-12/h9-10,14H,3-8H2,1-2H3. The van der Waals surface area contributed by atoms with Crippen LogP contribution in [0.3, 0.4) is 0 Å². The fourth-order valence-electron chi connectivity index (χ4n) is 2.46.